The lowest BCUT2D eigenvalue weighted by Crippen LogP contribution is -2.31. The van der Waals surface area contributed by atoms with Crippen molar-refractivity contribution < 1.29 is 49.2 Å². The van der Waals surface area contributed by atoms with Gasteiger partial charge in [-0.25, -0.2) is 21.3 Å². The third-order valence-electron chi connectivity index (χ3n) is 5.10. The molecule has 0 spiro atoms. The quantitative estimate of drug-likeness (QED) is 0.0756. The average Bonchev–Trinajstić information content (AvgIpc) is 2.93. The second-order valence-corrected chi connectivity index (χ2v) is 8.06. The number of nitrogens with one attached hydrogen (secondary N) is 2. The van der Waals surface area contributed by atoms with Crippen LogP contribution >= 0.6 is 0 Å². The molecule has 2 aromatic rings. The van der Waals surface area contributed by atoms with E-state index in [1.54, 1.807) is 12.1 Å². The highest BCUT2D eigenvalue weighted by Gasteiger charge is 2.15. The number of nitrogens with two attached hydrogens (primary N) is 2. The Kier molecular flexibility index (Phi) is 17.7. The molecule has 10 N–H and O–H groups in total. The first kappa shape index (κ1) is 35.2. The van der Waals surface area contributed by atoms with Gasteiger partial charge >= 0.3 is 23.9 Å². The number of nitrogen functional groups attached to an aromatic ring is 2. The van der Waals surface area contributed by atoms with Gasteiger partial charge in [0.1, 0.15) is 0 Å². The van der Waals surface area contributed by atoms with Gasteiger partial charge in [-0.2, -0.15) is 0 Å². The molecule has 0 heterocycles. The fourth-order valence-electron chi connectivity index (χ4n) is 3.15. The Labute approximate surface area is 229 Å². The standard InChI is InChI=1S/C10H18O4.2C8H8N2O3/c11-9(12)7-5-3-1-2-4-6-8-10(13)14;2*9-10-7(11)5-3-1-2-4-6(5)8(12)13/h1-8H2,(H,11,12)(H,13,14);2*1-4H,9H2,(H,10,11)(H,12,13). The van der Waals surface area contributed by atoms with Crippen LogP contribution in [0.1, 0.15) is 92.8 Å². The number of amides is 2. The summed E-state index contributed by atoms with van der Waals surface area (Å²) >= 11 is 0. The van der Waals surface area contributed by atoms with Crippen LogP contribution in [0.4, 0.5) is 0 Å². The van der Waals surface area contributed by atoms with E-state index in [0.717, 1.165) is 38.5 Å². The first-order valence-electron chi connectivity index (χ1n) is 12.1. The van der Waals surface area contributed by atoms with Crippen molar-refractivity contribution in [1.29, 1.82) is 0 Å². The van der Waals surface area contributed by atoms with Crippen LogP contribution in [0.3, 0.4) is 0 Å². The maximum atomic E-state index is 11.0. The first-order chi connectivity index (χ1) is 19.0. The maximum Gasteiger partial charge on any atom is 0.336 e. The van der Waals surface area contributed by atoms with Gasteiger partial charge in [0.25, 0.3) is 11.8 Å². The van der Waals surface area contributed by atoms with Gasteiger partial charge in [0.05, 0.1) is 22.3 Å². The summed E-state index contributed by atoms with van der Waals surface area (Å²) in [7, 11) is 0. The van der Waals surface area contributed by atoms with E-state index < -0.39 is 35.7 Å². The molecule has 0 bridgehead atoms. The highest BCUT2D eigenvalue weighted by Crippen LogP contribution is 2.09. The number of hydrogen-bond acceptors (Lipinski definition) is 8. The summed E-state index contributed by atoms with van der Waals surface area (Å²) in [4.78, 5) is 63.6. The van der Waals surface area contributed by atoms with Crippen LogP contribution in [0.2, 0.25) is 0 Å². The molecule has 0 saturated carbocycles. The van der Waals surface area contributed by atoms with Crippen LogP contribution < -0.4 is 22.5 Å². The Morgan fingerprint density at radius 1 is 0.500 bits per heavy atom. The van der Waals surface area contributed by atoms with Crippen LogP contribution in [-0.2, 0) is 9.59 Å². The van der Waals surface area contributed by atoms with Crippen molar-refractivity contribution >= 4 is 35.7 Å². The van der Waals surface area contributed by atoms with Gasteiger partial charge in [0, 0.05) is 12.8 Å². The van der Waals surface area contributed by atoms with Gasteiger partial charge in [0.2, 0.25) is 0 Å². The third kappa shape index (κ3) is 14.8. The van der Waals surface area contributed by atoms with Gasteiger partial charge in [-0.15, -0.1) is 0 Å². The summed E-state index contributed by atoms with van der Waals surface area (Å²) in [5, 5.41) is 34.1. The number of aromatic carboxylic acids is 2. The lowest BCUT2D eigenvalue weighted by atomic mass is 10.1. The Morgan fingerprint density at radius 2 is 0.775 bits per heavy atom. The largest absolute Gasteiger partial charge is 0.481 e. The summed E-state index contributed by atoms with van der Waals surface area (Å²) in [6, 6.07) is 11.7. The van der Waals surface area contributed by atoms with Gasteiger partial charge in [-0.1, -0.05) is 49.9 Å². The van der Waals surface area contributed by atoms with Gasteiger partial charge in [-0.3, -0.25) is 30.0 Å². The zero-order chi connectivity index (χ0) is 30.5. The topological polar surface area (TPSA) is 259 Å². The van der Waals surface area contributed by atoms with Crippen molar-refractivity contribution in [2.75, 3.05) is 0 Å². The van der Waals surface area contributed by atoms with Crippen molar-refractivity contribution in [2.45, 2.75) is 51.4 Å². The highest BCUT2D eigenvalue weighted by atomic mass is 16.4. The van der Waals surface area contributed by atoms with E-state index in [4.69, 9.17) is 32.1 Å². The van der Waals surface area contributed by atoms with Crippen LogP contribution in [-0.4, -0.2) is 56.1 Å². The molecule has 40 heavy (non-hydrogen) atoms. The third-order valence-corrected chi connectivity index (χ3v) is 5.10. The van der Waals surface area contributed by atoms with E-state index >= 15 is 0 Å². The Hall–Kier alpha value is -4.82. The molecular formula is C26H34N4O10. The molecule has 2 amide bonds. The minimum Gasteiger partial charge on any atom is -0.481 e. The minimum absolute atomic E-state index is 0.0532. The van der Waals surface area contributed by atoms with E-state index in [1.807, 2.05) is 10.9 Å². The molecule has 0 aliphatic rings. The summed E-state index contributed by atoms with van der Waals surface area (Å²) in [5.74, 6) is 4.75. The van der Waals surface area contributed by atoms with Crippen molar-refractivity contribution in [2.24, 2.45) is 11.7 Å². The fraction of sp³-hybridized carbons (Fsp3) is 0.308. The lowest BCUT2D eigenvalue weighted by molar-refractivity contribution is -0.138. The monoisotopic (exact) mass is 562 g/mol. The second-order valence-electron chi connectivity index (χ2n) is 8.06. The van der Waals surface area contributed by atoms with Crippen LogP contribution in [0.25, 0.3) is 0 Å². The Morgan fingerprint density at radius 3 is 1.02 bits per heavy atom. The number of aliphatic carboxylic acids is 2. The molecule has 0 atom stereocenters. The molecule has 2 rings (SSSR count). The molecule has 14 nitrogen and oxygen atoms in total. The minimum atomic E-state index is -1.15. The number of carbonyl (C=O) groups excluding carboxylic acids is 2. The molecule has 0 aliphatic carbocycles. The molecule has 0 unspecified atom stereocenters. The Balaban J connectivity index is 0.000000571. The van der Waals surface area contributed by atoms with E-state index in [0.29, 0.717) is 0 Å². The number of rotatable bonds is 13. The zero-order valence-electron chi connectivity index (χ0n) is 21.7. The SMILES string of the molecule is NNC(=O)c1ccccc1C(=O)O.NNC(=O)c1ccccc1C(=O)O.O=C(O)CCCCCCCCC(=O)O. The van der Waals surface area contributed by atoms with Crippen molar-refractivity contribution in [1.82, 2.24) is 10.9 Å². The molecular weight excluding hydrogens is 528 g/mol. The average molecular weight is 563 g/mol. The summed E-state index contributed by atoms with van der Waals surface area (Å²) in [6.07, 6.45) is 5.82. The van der Waals surface area contributed by atoms with Crippen LogP contribution in [0.15, 0.2) is 48.5 Å². The van der Waals surface area contributed by atoms with Crippen LogP contribution in [0, 0.1) is 0 Å². The molecule has 0 saturated heterocycles. The summed E-state index contributed by atoms with van der Waals surface area (Å²) in [5.41, 5.74) is 3.73. The molecule has 0 aromatic heterocycles. The second kappa shape index (κ2) is 20.2. The summed E-state index contributed by atoms with van der Waals surface area (Å²) < 4.78 is 0. The number of hydrazine groups is 2. The number of benzene rings is 2. The molecule has 0 radical (unpaired) electrons. The normalized spacial score (nSPS) is 9.55. The predicted molar refractivity (Wildman–Crippen MR) is 142 cm³/mol. The fourth-order valence-corrected chi connectivity index (χ4v) is 3.15. The molecule has 14 heteroatoms. The first-order valence-corrected chi connectivity index (χ1v) is 12.1. The molecule has 0 aliphatic heterocycles. The maximum absolute atomic E-state index is 11.0. The highest BCUT2D eigenvalue weighted by molar-refractivity contribution is 6.05. The van der Waals surface area contributed by atoms with Gasteiger partial charge < -0.3 is 20.4 Å². The number of carbonyl (C=O) groups is 6. The van der Waals surface area contributed by atoms with Crippen molar-refractivity contribution in [3.8, 4) is 0 Å². The van der Waals surface area contributed by atoms with E-state index in [2.05, 4.69) is 0 Å². The van der Waals surface area contributed by atoms with Crippen molar-refractivity contribution in [3.05, 3.63) is 70.8 Å². The van der Waals surface area contributed by atoms with E-state index in [-0.39, 0.29) is 35.1 Å². The van der Waals surface area contributed by atoms with E-state index in [9.17, 15) is 28.8 Å². The predicted octanol–water partition coefficient (Wildman–Crippen LogP) is 2.25. The smallest absolute Gasteiger partial charge is 0.336 e. The zero-order valence-corrected chi connectivity index (χ0v) is 21.7. The summed E-state index contributed by atoms with van der Waals surface area (Å²) in [6.45, 7) is 0. The van der Waals surface area contributed by atoms with Crippen molar-refractivity contribution in [3.63, 3.8) is 0 Å². The molecule has 218 valence electrons. The van der Waals surface area contributed by atoms with E-state index in [1.165, 1.54) is 36.4 Å². The van der Waals surface area contributed by atoms with Gasteiger partial charge in [0.15, 0.2) is 0 Å². The number of unbranched alkanes of at least 4 members (excludes halogenated alkanes) is 5. The molecule has 0 fully saturated rings. The number of hydrogen-bond donors (Lipinski definition) is 8. The molecule has 2 aromatic carbocycles. The Bertz CT molecular complexity index is 1060. The number of carboxylic acid groups (broad SMARTS) is 4. The lowest BCUT2D eigenvalue weighted by Gasteiger charge is -2.02. The van der Waals surface area contributed by atoms with Crippen LogP contribution in [0.5, 0.6) is 0 Å². The number of carboxylic acids is 4. The van der Waals surface area contributed by atoms with Gasteiger partial charge in [-0.05, 0) is 37.1 Å².